The summed E-state index contributed by atoms with van der Waals surface area (Å²) in [5.41, 5.74) is 1.70. The molecule has 2 aliphatic rings. The van der Waals surface area contributed by atoms with E-state index in [2.05, 4.69) is 0 Å². The molecule has 2 aliphatic carbocycles. The average molecular weight is 304 g/mol. The summed E-state index contributed by atoms with van der Waals surface area (Å²) in [5.74, 6) is 0.933. The number of carbonyl (C=O) groups is 1. The first-order valence-electron chi connectivity index (χ1n) is 7.32. The quantitative estimate of drug-likeness (QED) is 0.930. The summed E-state index contributed by atoms with van der Waals surface area (Å²) in [6.45, 7) is 0. The lowest BCUT2D eigenvalue weighted by atomic mass is 9.68. The number of phenolic OH excluding ortho intramolecular Hbond substituents is 1. The fourth-order valence-corrected chi connectivity index (χ4v) is 3.62. The molecule has 3 atom stereocenters. The zero-order valence-corrected chi connectivity index (χ0v) is 13.0. The maximum atomic E-state index is 12.2. The van der Waals surface area contributed by atoms with E-state index < -0.39 is 0 Å². The van der Waals surface area contributed by atoms with Gasteiger partial charge in [0, 0.05) is 25.0 Å². The molecule has 0 saturated heterocycles. The highest BCUT2D eigenvalue weighted by Gasteiger charge is 2.41. The fourth-order valence-electron chi connectivity index (χ4n) is 3.62. The van der Waals surface area contributed by atoms with E-state index in [0.717, 1.165) is 17.5 Å². The number of phenols is 1. The van der Waals surface area contributed by atoms with Crippen LogP contribution in [0.15, 0.2) is 24.0 Å². The molecule has 118 valence electrons. The van der Waals surface area contributed by atoms with E-state index >= 15 is 0 Å². The Labute approximate surface area is 129 Å². The molecular weight excluding hydrogens is 284 g/mol. The maximum absolute atomic E-state index is 12.2. The van der Waals surface area contributed by atoms with Crippen LogP contribution in [0.2, 0.25) is 0 Å². The van der Waals surface area contributed by atoms with Crippen LogP contribution in [0, 0.1) is 5.92 Å². The van der Waals surface area contributed by atoms with Crippen LogP contribution in [0.25, 0.3) is 0 Å². The number of methoxy groups -OCH3 is 3. The molecule has 0 aromatic heterocycles. The number of rotatable bonds is 3. The predicted molar refractivity (Wildman–Crippen MR) is 80.0 cm³/mol. The monoisotopic (exact) mass is 304 g/mol. The van der Waals surface area contributed by atoms with Gasteiger partial charge < -0.3 is 19.3 Å². The second-order valence-corrected chi connectivity index (χ2v) is 5.71. The van der Waals surface area contributed by atoms with E-state index in [1.54, 1.807) is 13.2 Å². The third-order valence-corrected chi connectivity index (χ3v) is 4.70. The van der Waals surface area contributed by atoms with E-state index in [9.17, 15) is 9.90 Å². The normalized spacial score (nSPS) is 26.8. The summed E-state index contributed by atoms with van der Waals surface area (Å²) >= 11 is 0. The minimum Gasteiger partial charge on any atom is -0.504 e. The number of fused-ring (bicyclic) bond motifs is 3. The van der Waals surface area contributed by atoms with Crippen LogP contribution in [-0.2, 0) is 14.3 Å². The highest BCUT2D eigenvalue weighted by Crippen LogP contribution is 2.52. The first-order valence-corrected chi connectivity index (χ1v) is 7.32. The third kappa shape index (κ3) is 2.16. The Bertz CT molecular complexity index is 634. The van der Waals surface area contributed by atoms with Gasteiger partial charge in [0.1, 0.15) is 0 Å². The summed E-state index contributed by atoms with van der Waals surface area (Å²) in [5, 5.41) is 10.6. The van der Waals surface area contributed by atoms with Crippen molar-refractivity contribution in [3.63, 3.8) is 0 Å². The molecule has 0 radical (unpaired) electrons. The number of Topliss-reactive ketones (excluding diaryl/α,β-unsaturated/α-hetero) is 1. The van der Waals surface area contributed by atoms with Gasteiger partial charge >= 0.3 is 0 Å². The number of ketones is 1. The van der Waals surface area contributed by atoms with Gasteiger partial charge in [-0.3, -0.25) is 4.79 Å². The third-order valence-electron chi connectivity index (χ3n) is 4.70. The maximum Gasteiger partial charge on any atom is 0.197 e. The van der Waals surface area contributed by atoms with Gasteiger partial charge in [-0.05, 0) is 30.0 Å². The van der Waals surface area contributed by atoms with Gasteiger partial charge in [0.2, 0.25) is 0 Å². The van der Waals surface area contributed by atoms with Gasteiger partial charge in [0.05, 0.1) is 20.3 Å². The molecule has 1 aromatic carbocycles. The molecule has 1 aromatic rings. The van der Waals surface area contributed by atoms with Crippen LogP contribution in [0.4, 0.5) is 0 Å². The van der Waals surface area contributed by atoms with E-state index in [-0.39, 0.29) is 29.5 Å². The molecule has 0 aliphatic heterocycles. The lowest BCUT2D eigenvalue weighted by Gasteiger charge is -2.38. The van der Waals surface area contributed by atoms with E-state index in [0.29, 0.717) is 17.9 Å². The summed E-state index contributed by atoms with van der Waals surface area (Å²) in [4.78, 5) is 12.2. The molecule has 22 heavy (non-hydrogen) atoms. The van der Waals surface area contributed by atoms with Crippen LogP contribution in [0.3, 0.4) is 0 Å². The topological polar surface area (TPSA) is 65.0 Å². The second kappa shape index (κ2) is 5.65. The Hall–Kier alpha value is -2.01. The number of allylic oxidation sites excluding steroid dienone is 2. The highest BCUT2D eigenvalue weighted by molar-refractivity contribution is 5.95. The molecule has 5 nitrogen and oxygen atoms in total. The Morgan fingerprint density at radius 1 is 1.18 bits per heavy atom. The molecule has 1 N–H and O–H groups in total. The number of aromatic hydroxyl groups is 1. The van der Waals surface area contributed by atoms with Crippen molar-refractivity contribution in [2.45, 2.75) is 24.9 Å². The second-order valence-electron chi connectivity index (χ2n) is 5.71. The standard InChI is InChI=1S/C17H20O5/c1-20-13-5-4-10-14(21-2)6-9-7-15(22-3)12(18)8-11(9)16(10)17(13)19/h4-5,7,9,11,14,19H,6,8H2,1-3H3. The van der Waals surface area contributed by atoms with E-state index in [1.807, 2.05) is 12.1 Å². The van der Waals surface area contributed by atoms with Crippen molar-refractivity contribution in [2.75, 3.05) is 21.3 Å². The van der Waals surface area contributed by atoms with Crippen molar-refractivity contribution in [3.05, 3.63) is 35.1 Å². The van der Waals surface area contributed by atoms with Gasteiger partial charge in [-0.25, -0.2) is 0 Å². The molecule has 0 fully saturated rings. The van der Waals surface area contributed by atoms with Crippen LogP contribution < -0.4 is 4.74 Å². The Kier molecular flexibility index (Phi) is 3.83. The van der Waals surface area contributed by atoms with Gasteiger partial charge in [-0.15, -0.1) is 0 Å². The molecule has 3 unspecified atom stereocenters. The van der Waals surface area contributed by atoms with Crippen LogP contribution in [0.1, 0.15) is 36.0 Å². The minimum atomic E-state index is -0.115. The van der Waals surface area contributed by atoms with E-state index in [1.165, 1.54) is 14.2 Å². The summed E-state index contributed by atoms with van der Waals surface area (Å²) in [6.07, 6.45) is 2.84. The van der Waals surface area contributed by atoms with Gasteiger partial charge in [0.25, 0.3) is 0 Å². The molecule has 0 bridgehead atoms. The first-order chi connectivity index (χ1) is 10.6. The average Bonchev–Trinajstić information content (AvgIpc) is 2.53. The number of hydrogen-bond donors (Lipinski definition) is 1. The van der Waals surface area contributed by atoms with E-state index in [4.69, 9.17) is 14.2 Å². The number of benzene rings is 1. The summed E-state index contributed by atoms with van der Waals surface area (Å²) < 4.78 is 16.0. The van der Waals surface area contributed by atoms with Crippen molar-refractivity contribution in [2.24, 2.45) is 5.92 Å². The molecule has 0 heterocycles. The fraction of sp³-hybridized carbons (Fsp3) is 0.471. The number of carbonyl (C=O) groups excluding carboxylic acids is 1. The Morgan fingerprint density at radius 3 is 2.59 bits per heavy atom. The van der Waals surface area contributed by atoms with Crippen LogP contribution >= 0.6 is 0 Å². The first kappa shape index (κ1) is 14.9. The summed E-state index contributed by atoms with van der Waals surface area (Å²) in [6, 6.07) is 3.65. The van der Waals surface area contributed by atoms with Crippen molar-refractivity contribution in [1.29, 1.82) is 0 Å². The largest absolute Gasteiger partial charge is 0.504 e. The molecule has 3 rings (SSSR count). The zero-order valence-electron chi connectivity index (χ0n) is 13.0. The molecule has 0 saturated carbocycles. The van der Waals surface area contributed by atoms with Gasteiger partial charge in [-0.1, -0.05) is 6.07 Å². The zero-order chi connectivity index (χ0) is 15.9. The highest BCUT2D eigenvalue weighted by atomic mass is 16.5. The van der Waals surface area contributed by atoms with Crippen molar-refractivity contribution >= 4 is 5.78 Å². The van der Waals surface area contributed by atoms with Crippen molar-refractivity contribution in [3.8, 4) is 11.5 Å². The predicted octanol–water partition coefficient (Wildman–Crippen LogP) is 2.69. The Morgan fingerprint density at radius 2 is 1.95 bits per heavy atom. The smallest absolute Gasteiger partial charge is 0.197 e. The van der Waals surface area contributed by atoms with Crippen LogP contribution in [-0.4, -0.2) is 32.2 Å². The Balaban J connectivity index is 2.14. The van der Waals surface area contributed by atoms with Gasteiger partial charge in [0.15, 0.2) is 23.0 Å². The lowest BCUT2D eigenvalue weighted by Crippen LogP contribution is -2.30. The van der Waals surface area contributed by atoms with Crippen molar-refractivity contribution < 1.29 is 24.1 Å². The molecule has 0 spiro atoms. The summed E-state index contributed by atoms with van der Waals surface area (Å²) in [7, 11) is 4.69. The molecular formula is C17H20O5. The number of ether oxygens (including phenoxy) is 3. The number of hydrogen-bond acceptors (Lipinski definition) is 5. The van der Waals surface area contributed by atoms with Gasteiger partial charge in [-0.2, -0.15) is 0 Å². The van der Waals surface area contributed by atoms with Crippen LogP contribution in [0.5, 0.6) is 11.5 Å². The van der Waals surface area contributed by atoms with Crippen molar-refractivity contribution in [1.82, 2.24) is 0 Å². The molecule has 5 heteroatoms. The minimum absolute atomic E-state index is 0.0345. The molecule has 0 amide bonds. The SMILES string of the molecule is COC1=CC2CC(OC)c3ccc(OC)c(O)c3C2CC1=O. The lowest BCUT2D eigenvalue weighted by molar-refractivity contribution is -0.120.